The van der Waals surface area contributed by atoms with Gasteiger partial charge in [-0.05, 0) is 12.3 Å². The first-order chi connectivity index (χ1) is 8.74. The Morgan fingerprint density at radius 1 is 1.56 bits per heavy atom. The molecule has 6 nitrogen and oxygen atoms in total. The van der Waals surface area contributed by atoms with Crippen molar-refractivity contribution in [3.05, 3.63) is 17.0 Å². The van der Waals surface area contributed by atoms with Crippen LogP contribution in [0, 0.1) is 5.92 Å². The third kappa shape index (κ3) is 2.06. The quantitative estimate of drug-likeness (QED) is 0.884. The van der Waals surface area contributed by atoms with Crippen LogP contribution in [-0.4, -0.2) is 34.1 Å². The van der Waals surface area contributed by atoms with Gasteiger partial charge in [0.1, 0.15) is 11.0 Å². The second-order valence-electron chi connectivity index (χ2n) is 4.28. The first kappa shape index (κ1) is 11.5. The van der Waals surface area contributed by atoms with Crippen LogP contribution in [0.15, 0.2) is 6.33 Å². The van der Waals surface area contributed by atoms with E-state index in [4.69, 9.17) is 10.5 Å². The van der Waals surface area contributed by atoms with Gasteiger partial charge in [-0.25, -0.2) is 15.0 Å². The molecule has 0 aromatic carbocycles. The van der Waals surface area contributed by atoms with E-state index >= 15 is 0 Å². The van der Waals surface area contributed by atoms with Crippen LogP contribution in [0.2, 0.25) is 0 Å². The number of ether oxygens (including phenoxy) is 1. The number of amides is 1. The molecule has 0 aliphatic carbocycles. The lowest BCUT2D eigenvalue weighted by Gasteiger charge is -2.02. The minimum Gasteiger partial charge on any atom is -0.381 e. The molecule has 0 unspecified atom stereocenters. The minimum absolute atomic E-state index is 0.256. The summed E-state index contributed by atoms with van der Waals surface area (Å²) in [6, 6.07) is 0. The molecule has 2 N–H and O–H groups in total. The Bertz CT molecular complexity index is 592. The SMILES string of the molecule is NC(=O)c1ncnc2nc(C[C@@H]3CCOC3)sc12. The second-order valence-corrected chi connectivity index (χ2v) is 5.36. The van der Waals surface area contributed by atoms with Crippen LogP contribution in [0.4, 0.5) is 0 Å². The number of nitrogens with zero attached hydrogens (tertiary/aromatic N) is 3. The molecule has 0 spiro atoms. The highest BCUT2D eigenvalue weighted by atomic mass is 32.1. The number of aromatic nitrogens is 3. The number of nitrogens with two attached hydrogens (primary N) is 1. The van der Waals surface area contributed by atoms with Crippen molar-refractivity contribution in [1.82, 2.24) is 15.0 Å². The van der Waals surface area contributed by atoms with E-state index in [-0.39, 0.29) is 5.69 Å². The van der Waals surface area contributed by atoms with Gasteiger partial charge in [0.25, 0.3) is 5.91 Å². The van der Waals surface area contributed by atoms with Gasteiger partial charge in [0.2, 0.25) is 0 Å². The lowest BCUT2D eigenvalue weighted by atomic mass is 10.1. The highest BCUT2D eigenvalue weighted by Gasteiger charge is 2.20. The zero-order valence-electron chi connectivity index (χ0n) is 9.63. The molecule has 94 valence electrons. The maximum Gasteiger partial charge on any atom is 0.268 e. The number of hydrogen-bond acceptors (Lipinski definition) is 6. The highest BCUT2D eigenvalue weighted by Crippen LogP contribution is 2.26. The lowest BCUT2D eigenvalue weighted by molar-refractivity contribution is 0.0997. The molecular formula is C11H12N4O2S. The molecule has 7 heteroatoms. The summed E-state index contributed by atoms with van der Waals surface area (Å²) in [6.45, 7) is 1.60. The summed E-state index contributed by atoms with van der Waals surface area (Å²) >= 11 is 1.45. The van der Waals surface area contributed by atoms with E-state index in [1.54, 1.807) is 0 Å². The minimum atomic E-state index is -0.540. The molecule has 2 aromatic rings. The summed E-state index contributed by atoms with van der Waals surface area (Å²) in [5.74, 6) is -0.0302. The van der Waals surface area contributed by atoms with Gasteiger partial charge in [-0.3, -0.25) is 4.79 Å². The predicted octanol–water partition coefficient (Wildman–Crippen LogP) is 0.764. The number of primary amides is 1. The number of rotatable bonds is 3. The summed E-state index contributed by atoms with van der Waals surface area (Å²) in [7, 11) is 0. The number of carbonyl (C=O) groups excluding carboxylic acids is 1. The Morgan fingerprint density at radius 2 is 2.44 bits per heavy atom. The van der Waals surface area contributed by atoms with E-state index in [1.165, 1.54) is 17.7 Å². The summed E-state index contributed by atoms with van der Waals surface area (Å²) in [6.07, 6.45) is 3.24. The number of hydrogen-bond donors (Lipinski definition) is 1. The molecule has 18 heavy (non-hydrogen) atoms. The fraction of sp³-hybridized carbons (Fsp3) is 0.455. The van der Waals surface area contributed by atoms with Crippen molar-refractivity contribution in [3.63, 3.8) is 0 Å². The number of carbonyl (C=O) groups is 1. The normalized spacial score (nSPS) is 19.4. The predicted molar refractivity (Wildman–Crippen MR) is 66.4 cm³/mol. The molecule has 2 aromatic heterocycles. The fourth-order valence-electron chi connectivity index (χ4n) is 2.05. The second kappa shape index (κ2) is 4.58. The number of thiazole rings is 1. The Morgan fingerprint density at radius 3 is 3.17 bits per heavy atom. The van der Waals surface area contributed by atoms with Crippen molar-refractivity contribution < 1.29 is 9.53 Å². The molecule has 1 aliphatic rings. The lowest BCUT2D eigenvalue weighted by Crippen LogP contribution is -2.13. The molecule has 3 heterocycles. The van der Waals surface area contributed by atoms with E-state index in [0.717, 1.165) is 31.1 Å². The average molecular weight is 264 g/mol. The molecule has 1 saturated heterocycles. The molecular weight excluding hydrogens is 252 g/mol. The summed E-state index contributed by atoms with van der Waals surface area (Å²) in [5.41, 5.74) is 6.09. The van der Waals surface area contributed by atoms with E-state index < -0.39 is 5.91 Å². The molecule has 1 aliphatic heterocycles. The molecule has 0 bridgehead atoms. The highest BCUT2D eigenvalue weighted by molar-refractivity contribution is 7.18. The Balaban J connectivity index is 1.94. The van der Waals surface area contributed by atoms with Gasteiger partial charge in [0, 0.05) is 19.6 Å². The van der Waals surface area contributed by atoms with Crippen LogP contribution in [0.25, 0.3) is 10.3 Å². The third-order valence-corrected chi connectivity index (χ3v) is 4.03. The van der Waals surface area contributed by atoms with Crippen molar-refractivity contribution in [2.75, 3.05) is 13.2 Å². The van der Waals surface area contributed by atoms with Gasteiger partial charge in [-0.15, -0.1) is 11.3 Å². The van der Waals surface area contributed by atoms with Crippen molar-refractivity contribution >= 4 is 27.6 Å². The van der Waals surface area contributed by atoms with Crippen LogP contribution >= 0.6 is 11.3 Å². The van der Waals surface area contributed by atoms with Crippen LogP contribution in [0.3, 0.4) is 0 Å². The molecule has 0 radical (unpaired) electrons. The molecule has 3 rings (SSSR count). The summed E-state index contributed by atoms with van der Waals surface area (Å²) < 4.78 is 6.02. The van der Waals surface area contributed by atoms with Gasteiger partial charge in [-0.1, -0.05) is 0 Å². The first-order valence-electron chi connectivity index (χ1n) is 5.72. The maximum atomic E-state index is 11.3. The first-order valence-corrected chi connectivity index (χ1v) is 6.53. The van der Waals surface area contributed by atoms with E-state index in [0.29, 0.717) is 16.3 Å². The van der Waals surface area contributed by atoms with Crippen LogP contribution in [0.5, 0.6) is 0 Å². The van der Waals surface area contributed by atoms with Gasteiger partial charge < -0.3 is 10.5 Å². The zero-order valence-corrected chi connectivity index (χ0v) is 10.4. The largest absolute Gasteiger partial charge is 0.381 e. The summed E-state index contributed by atoms with van der Waals surface area (Å²) in [4.78, 5) is 23.7. The average Bonchev–Trinajstić information content (AvgIpc) is 2.96. The summed E-state index contributed by atoms with van der Waals surface area (Å²) in [5, 5.41) is 0.962. The van der Waals surface area contributed by atoms with Gasteiger partial charge in [-0.2, -0.15) is 0 Å². The smallest absolute Gasteiger partial charge is 0.268 e. The standard InChI is InChI=1S/C11H12N4O2S/c12-10(16)8-9-11(14-5-13-8)15-7(18-9)3-6-1-2-17-4-6/h5-6H,1-4H2,(H2,12,16)/t6-/m0/s1. The van der Waals surface area contributed by atoms with E-state index in [1.807, 2.05) is 0 Å². The molecule has 0 saturated carbocycles. The van der Waals surface area contributed by atoms with Gasteiger partial charge in [0.05, 0.1) is 5.01 Å². The fourth-order valence-corrected chi connectivity index (χ4v) is 3.18. The maximum absolute atomic E-state index is 11.3. The number of fused-ring (bicyclic) bond motifs is 1. The Kier molecular flexibility index (Phi) is 2.92. The van der Waals surface area contributed by atoms with Crippen molar-refractivity contribution in [2.24, 2.45) is 11.7 Å². The van der Waals surface area contributed by atoms with E-state index in [9.17, 15) is 4.79 Å². The van der Waals surface area contributed by atoms with Crippen molar-refractivity contribution in [1.29, 1.82) is 0 Å². The van der Waals surface area contributed by atoms with Crippen molar-refractivity contribution in [3.8, 4) is 0 Å². The van der Waals surface area contributed by atoms with Crippen LogP contribution in [0.1, 0.15) is 21.9 Å². The van der Waals surface area contributed by atoms with Gasteiger partial charge in [0.15, 0.2) is 11.3 Å². The monoisotopic (exact) mass is 264 g/mol. The topological polar surface area (TPSA) is 91.0 Å². The Labute approximate surface area is 107 Å². The zero-order chi connectivity index (χ0) is 12.5. The van der Waals surface area contributed by atoms with Crippen LogP contribution in [-0.2, 0) is 11.2 Å². The Hall–Kier alpha value is -1.60. The molecule has 1 fully saturated rings. The van der Waals surface area contributed by atoms with Crippen LogP contribution < -0.4 is 5.73 Å². The van der Waals surface area contributed by atoms with Crippen molar-refractivity contribution in [2.45, 2.75) is 12.8 Å². The van der Waals surface area contributed by atoms with E-state index in [2.05, 4.69) is 15.0 Å². The molecule has 1 amide bonds. The molecule has 1 atom stereocenters. The third-order valence-electron chi connectivity index (χ3n) is 2.96. The van der Waals surface area contributed by atoms with Gasteiger partial charge >= 0.3 is 0 Å².